The van der Waals surface area contributed by atoms with Crippen molar-refractivity contribution in [3.05, 3.63) is 72.8 Å². The lowest BCUT2D eigenvalue weighted by atomic mass is 10.1. The number of hydrogen-bond acceptors (Lipinski definition) is 4. The molecule has 150 valence electrons. The molecule has 0 amide bonds. The fourth-order valence-corrected chi connectivity index (χ4v) is 3.18. The molecule has 0 saturated heterocycles. The van der Waals surface area contributed by atoms with Crippen molar-refractivity contribution >= 4 is 16.7 Å². The van der Waals surface area contributed by atoms with Crippen LogP contribution >= 0.6 is 0 Å². The fraction of sp³-hybridized carbons (Fsp3) is 0.0909. The van der Waals surface area contributed by atoms with Gasteiger partial charge in [0.05, 0.1) is 25.2 Å². The Bertz CT molecular complexity index is 1120. The van der Waals surface area contributed by atoms with Gasteiger partial charge in [0.25, 0.3) is 5.82 Å². The lowest BCUT2D eigenvalue weighted by Gasteiger charge is -2.14. The van der Waals surface area contributed by atoms with Crippen LogP contribution in [0, 0.1) is 0 Å². The van der Waals surface area contributed by atoms with Crippen molar-refractivity contribution in [2.45, 2.75) is 0 Å². The number of rotatable bonds is 4. The summed E-state index contributed by atoms with van der Waals surface area (Å²) in [7, 11) is 3.27. The second-order valence-corrected chi connectivity index (χ2v) is 6.08. The van der Waals surface area contributed by atoms with Crippen molar-refractivity contribution in [1.82, 2.24) is 4.98 Å². The molecule has 0 radical (unpaired) electrons. The van der Waals surface area contributed by atoms with Gasteiger partial charge in [0.2, 0.25) is 5.82 Å². The molecule has 4 N–H and O–H groups in total. The van der Waals surface area contributed by atoms with Crippen LogP contribution in [0.3, 0.4) is 0 Å². The van der Waals surface area contributed by atoms with E-state index in [0.29, 0.717) is 17.3 Å². The van der Waals surface area contributed by atoms with Crippen LogP contribution in [0.5, 0.6) is 11.5 Å². The second-order valence-electron chi connectivity index (χ2n) is 6.08. The van der Waals surface area contributed by atoms with Gasteiger partial charge >= 0.3 is 0 Å². The van der Waals surface area contributed by atoms with Gasteiger partial charge in [0.1, 0.15) is 5.75 Å². The van der Waals surface area contributed by atoms with E-state index in [-0.39, 0.29) is 17.9 Å². The van der Waals surface area contributed by atoms with Crippen molar-refractivity contribution in [1.29, 1.82) is 0 Å². The van der Waals surface area contributed by atoms with E-state index in [9.17, 15) is 0 Å². The molecule has 0 aliphatic rings. The molecule has 1 aromatic heterocycles. The number of benzene rings is 3. The van der Waals surface area contributed by atoms with Gasteiger partial charge in [-0.25, -0.2) is 0 Å². The van der Waals surface area contributed by atoms with Crippen LogP contribution in [-0.4, -0.2) is 24.7 Å². The van der Waals surface area contributed by atoms with Gasteiger partial charge in [0, 0.05) is 6.07 Å². The molecule has 0 spiro atoms. The minimum absolute atomic E-state index is 0. The minimum Gasteiger partial charge on any atom is -1.00 e. The Morgan fingerprint density at radius 2 is 1.55 bits per heavy atom. The summed E-state index contributed by atoms with van der Waals surface area (Å²) in [5, 5.41) is 0.877. The average Bonchev–Trinajstić information content (AvgIpc) is 2.74. The lowest BCUT2D eigenvalue weighted by Crippen LogP contribution is -3.00. The fourth-order valence-electron chi connectivity index (χ4n) is 3.18. The van der Waals surface area contributed by atoms with Crippen LogP contribution in [0.1, 0.15) is 0 Å². The van der Waals surface area contributed by atoms with Crippen LogP contribution in [0.4, 0.5) is 5.82 Å². The zero-order chi connectivity index (χ0) is 18.8. The van der Waals surface area contributed by atoms with Crippen molar-refractivity contribution in [2.24, 2.45) is 0 Å². The van der Waals surface area contributed by atoms with Gasteiger partial charge in [0.15, 0.2) is 17.0 Å². The van der Waals surface area contributed by atoms with Gasteiger partial charge in [-0.15, -0.1) is 4.98 Å². The zero-order valence-corrected chi connectivity index (χ0v) is 16.9. The summed E-state index contributed by atoms with van der Waals surface area (Å²) < 4.78 is 12.9. The van der Waals surface area contributed by atoms with E-state index in [4.69, 9.17) is 20.2 Å². The molecule has 1 heterocycles. The van der Waals surface area contributed by atoms with Gasteiger partial charge in [-0.2, -0.15) is 4.57 Å². The molecule has 7 heteroatoms. The van der Waals surface area contributed by atoms with E-state index in [1.807, 2.05) is 77.4 Å². The first-order valence-electron chi connectivity index (χ1n) is 8.61. The smallest absolute Gasteiger partial charge is 0.275 e. The summed E-state index contributed by atoms with van der Waals surface area (Å²) in [6.07, 6.45) is 0. The first kappa shape index (κ1) is 21.9. The summed E-state index contributed by atoms with van der Waals surface area (Å²) in [6.45, 7) is 0. The third-order valence-corrected chi connectivity index (χ3v) is 4.52. The number of ether oxygens (including phenoxy) is 2. The van der Waals surface area contributed by atoms with E-state index >= 15 is 0 Å². The number of nitrogens with two attached hydrogens (primary N) is 1. The molecule has 4 rings (SSSR count). The number of aromatic nitrogens is 2. The largest absolute Gasteiger partial charge is 1.00 e. The van der Waals surface area contributed by atoms with Gasteiger partial charge in [-0.3, -0.25) is 0 Å². The summed E-state index contributed by atoms with van der Waals surface area (Å²) >= 11 is 0. The monoisotopic (exact) mass is 411 g/mol. The SMILES string of the molecule is COc1ccc(OC)c(-[n+]2c(-c3ccccc3)nc3ccccc3c2N)c1.O.[Cl-]. The quantitative estimate of drug-likeness (QED) is 0.477. The number of nitrogens with zero attached hydrogens (tertiary/aromatic N) is 2. The summed E-state index contributed by atoms with van der Waals surface area (Å²) in [4.78, 5) is 4.90. The Morgan fingerprint density at radius 1 is 0.862 bits per heavy atom. The van der Waals surface area contributed by atoms with Crippen LogP contribution in [0.2, 0.25) is 0 Å². The number of para-hydroxylation sites is 1. The predicted octanol–water partition coefficient (Wildman–Crippen LogP) is -0.0428. The first-order valence-corrected chi connectivity index (χ1v) is 8.61. The highest BCUT2D eigenvalue weighted by Gasteiger charge is 2.24. The standard InChI is InChI=1S/C22H19N3O2.ClH.H2O/c1-26-16-12-13-20(27-2)19(14-16)25-21(23)17-10-6-7-11-18(17)24-22(25)15-8-4-3-5-9-15;;/h3-14,23H,1-2H3;1H;1H2. The number of hydrogen-bond donors (Lipinski definition) is 1. The highest BCUT2D eigenvalue weighted by Crippen LogP contribution is 2.29. The van der Waals surface area contributed by atoms with Crippen molar-refractivity contribution in [2.75, 3.05) is 20.0 Å². The molecule has 0 fully saturated rings. The summed E-state index contributed by atoms with van der Waals surface area (Å²) in [5.41, 5.74) is 9.20. The van der Waals surface area contributed by atoms with E-state index < -0.39 is 0 Å². The van der Waals surface area contributed by atoms with E-state index in [0.717, 1.165) is 28.0 Å². The molecule has 0 bridgehead atoms. The molecule has 3 aromatic carbocycles. The molecule has 0 aliphatic carbocycles. The summed E-state index contributed by atoms with van der Waals surface area (Å²) in [5.74, 6) is 2.72. The summed E-state index contributed by atoms with van der Waals surface area (Å²) in [6, 6.07) is 23.4. The molecule has 0 saturated carbocycles. The van der Waals surface area contributed by atoms with Crippen molar-refractivity contribution in [3.63, 3.8) is 0 Å². The highest BCUT2D eigenvalue weighted by atomic mass is 35.5. The zero-order valence-electron chi connectivity index (χ0n) is 16.1. The Hall–Kier alpha value is -3.35. The normalized spacial score (nSPS) is 10.0. The van der Waals surface area contributed by atoms with Crippen LogP contribution in [0.25, 0.3) is 28.0 Å². The molecule has 0 unspecified atom stereocenters. The maximum absolute atomic E-state index is 6.63. The number of halogens is 1. The van der Waals surface area contributed by atoms with E-state index in [1.54, 1.807) is 14.2 Å². The molecule has 4 aromatic rings. The molecule has 6 nitrogen and oxygen atoms in total. The first-order chi connectivity index (χ1) is 13.2. The van der Waals surface area contributed by atoms with Gasteiger partial charge in [-0.1, -0.05) is 30.3 Å². The second kappa shape index (κ2) is 9.23. The third kappa shape index (κ3) is 3.94. The van der Waals surface area contributed by atoms with E-state index in [1.165, 1.54) is 0 Å². The minimum atomic E-state index is 0. The topological polar surface area (TPSA) is 92.8 Å². The number of methoxy groups -OCH3 is 2. The van der Waals surface area contributed by atoms with Crippen LogP contribution in [-0.2, 0) is 0 Å². The van der Waals surface area contributed by atoms with Crippen LogP contribution in [0.15, 0.2) is 72.8 Å². The Kier molecular flexibility index (Phi) is 6.98. The Labute approximate surface area is 175 Å². The maximum atomic E-state index is 6.63. The molecule has 0 atom stereocenters. The van der Waals surface area contributed by atoms with Crippen molar-refractivity contribution < 1.29 is 31.9 Å². The highest BCUT2D eigenvalue weighted by molar-refractivity contribution is 5.87. The maximum Gasteiger partial charge on any atom is 0.275 e. The average molecular weight is 412 g/mol. The van der Waals surface area contributed by atoms with Crippen LogP contribution < -0.4 is 32.2 Å². The predicted molar refractivity (Wildman–Crippen MR) is 110 cm³/mol. The molecule has 29 heavy (non-hydrogen) atoms. The Balaban J connectivity index is 0.00000150. The molecule has 0 aliphatic heterocycles. The molecular formula is C22H22ClN3O3. The van der Waals surface area contributed by atoms with E-state index in [2.05, 4.69) is 0 Å². The number of fused-ring (bicyclic) bond motifs is 1. The van der Waals surface area contributed by atoms with Gasteiger partial charge < -0.3 is 33.1 Å². The molecular weight excluding hydrogens is 390 g/mol. The lowest BCUT2D eigenvalue weighted by molar-refractivity contribution is -0.570. The number of nitrogen functional groups attached to an aromatic ring is 1. The Morgan fingerprint density at radius 3 is 2.24 bits per heavy atom. The third-order valence-electron chi connectivity index (χ3n) is 4.52. The van der Waals surface area contributed by atoms with Crippen molar-refractivity contribution in [3.8, 4) is 28.6 Å². The number of anilines is 1. The van der Waals surface area contributed by atoms with Gasteiger partial charge in [-0.05, 0) is 36.4 Å².